The molecule has 0 saturated heterocycles. The molecule has 0 saturated carbocycles. The van der Waals surface area contributed by atoms with E-state index in [-0.39, 0.29) is 0 Å². The minimum absolute atomic E-state index is 0.411. The summed E-state index contributed by atoms with van der Waals surface area (Å²) in [6, 6.07) is 11.4. The van der Waals surface area contributed by atoms with Gasteiger partial charge in [-0.1, -0.05) is 44.0 Å². The quantitative estimate of drug-likeness (QED) is 0.588. The van der Waals surface area contributed by atoms with Gasteiger partial charge in [0.25, 0.3) is 0 Å². The number of ether oxygens (including phenoxy) is 1. The van der Waals surface area contributed by atoms with E-state index in [2.05, 4.69) is 47.8 Å². The molecule has 2 aromatic carbocycles. The number of hydrogen-bond acceptors (Lipinski definition) is 2. The zero-order chi connectivity index (χ0) is 13.8. The molecule has 0 aliphatic carbocycles. The van der Waals surface area contributed by atoms with Gasteiger partial charge in [0.15, 0.2) is 6.29 Å². The molecule has 0 aliphatic rings. The predicted octanol–water partition coefficient (Wildman–Crippen LogP) is 5.37. The third-order valence-corrected chi connectivity index (χ3v) is 4.04. The number of hydrogen-bond donors (Lipinski definition) is 0. The molecule has 0 N–H and O–H groups in total. The van der Waals surface area contributed by atoms with Gasteiger partial charge in [-0.2, -0.15) is 0 Å². The van der Waals surface area contributed by atoms with Gasteiger partial charge >= 0.3 is 0 Å². The maximum absolute atomic E-state index is 11.1. The number of carbonyl (C=O) groups excluding carboxylic acids is 1. The number of rotatable bonds is 4. The molecule has 0 fully saturated rings. The van der Waals surface area contributed by atoms with Crippen LogP contribution in [0, 0.1) is 0 Å². The second kappa shape index (κ2) is 6.68. The van der Waals surface area contributed by atoms with Crippen molar-refractivity contribution in [3.8, 4) is 5.75 Å². The first-order chi connectivity index (χ1) is 9.10. The van der Waals surface area contributed by atoms with Crippen molar-refractivity contribution in [2.45, 2.75) is 6.61 Å². The van der Waals surface area contributed by atoms with Gasteiger partial charge < -0.3 is 4.74 Å². The van der Waals surface area contributed by atoms with Crippen LogP contribution in [0.1, 0.15) is 15.9 Å². The fourth-order valence-corrected chi connectivity index (χ4v) is 3.19. The normalized spacial score (nSPS) is 10.3. The molecule has 0 radical (unpaired) electrons. The standard InChI is InChI=1S/C14H9Br3O2/c15-11-3-1-9(2-4-11)8-19-14-10(7-18)5-12(16)6-13(14)17/h1-7H,8H2. The number of carbonyl (C=O) groups is 1. The van der Waals surface area contributed by atoms with E-state index in [1.54, 1.807) is 6.07 Å². The molecule has 19 heavy (non-hydrogen) atoms. The van der Waals surface area contributed by atoms with Crippen molar-refractivity contribution in [2.75, 3.05) is 0 Å². The number of aldehydes is 1. The molecule has 0 bridgehead atoms. The molecule has 0 heterocycles. The van der Waals surface area contributed by atoms with Crippen LogP contribution in [0.4, 0.5) is 0 Å². The average Bonchev–Trinajstić information content (AvgIpc) is 2.39. The molecular weight excluding hydrogens is 440 g/mol. The van der Waals surface area contributed by atoms with E-state index in [1.165, 1.54) is 0 Å². The summed E-state index contributed by atoms with van der Waals surface area (Å²) in [6.07, 6.45) is 0.784. The summed E-state index contributed by atoms with van der Waals surface area (Å²) in [5.41, 5.74) is 1.55. The van der Waals surface area contributed by atoms with E-state index < -0.39 is 0 Å². The molecule has 0 aliphatic heterocycles. The SMILES string of the molecule is O=Cc1cc(Br)cc(Br)c1OCc1ccc(Br)cc1. The highest BCUT2D eigenvalue weighted by Crippen LogP contribution is 2.32. The predicted molar refractivity (Wildman–Crippen MR) is 85.7 cm³/mol. The fraction of sp³-hybridized carbons (Fsp3) is 0.0714. The van der Waals surface area contributed by atoms with Crippen molar-refractivity contribution in [1.29, 1.82) is 0 Å². The largest absolute Gasteiger partial charge is 0.487 e. The minimum atomic E-state index is 0.411. The monoisotopic (exact) mass is 446 g/mol. The first-order valence-electron chi connectivity index (χ1n) is 5.41. The lowest BCUT2D eigenvalue weighted by molar-refractivity contribution is 0.111. The molecule has 5 heteroatoms. The van der Waals surface area contributed by atoms with Crippen molar-refractivity contribution in [1.82, 2.24) is 0 Å². The Bertz CT molecular complexity index is 594. The molecule has 0 atom stereocenters. The first kappa shape index (κ1) is 14.8. The third kappa shape index (κ3) is 3.91. The molecule has 2 rings (SSSR count). The van der Waals surface area contributed by atoms with Crippen LogP contribution in [0.15, 0.2) is 49.8 Å². The van der Waals surface area contributed by atoms with E-state index in [0.29, 0.717) is 17.9 Å². The molecule has 98 valence electrons. The highest BCUT2D eigenvalue weighted by atomic mass is 79.9. The van der Waals surface area contributed by atoms with Gasteiger partial charge in [0.2, 0.25) is 0 Å². The van der Waals surface area contributed by atoms with Crippen molar-refractivity contribution in [3.63, 3.8) is 0 Å². The topological polar surface area (TPSA) is 26.3 Å². The van der Waals surface area contributed by atoms with Crippen LogP contribution in [0.5, 0.6) is 5.75 Å². The summed E-state index contributed by atoms with van der Waals surface area (Å²) in [5.74, 6) is 0.557. The minimum Gasteiger partial charge on any atom is -0.487 e. The van der Waals surface area contributed by atoms with Crippen molar-refractivity contribution in [3.05, 3.63) is 60.9 Å². The second-order valence-electron chi connectivity index (χ2n) is 3.84. The second-order valence-corrected chi connectivity index (χ2v) is 6.52. The van der Waals surface area contributed by atoms with Gasteiger partial charge in [0, 0.05) is 8.95 Å². The summed E-state index contributed by atoms with van der Waals surface area (Å²) in [6.45, 7) is 0.411. The van der Waals surface area contributed by atoms with E-state index in [9.17, 15) is 4.79 Å². The molecule has 0 amide bonds. The summed E-state index contributed by atoms with van der Waals surface area (Å²) in [4.78, 5) is 11.1. The Morgan fingerprint density at radius 3 is 2.32 bits per heavy atom. The highest BCUT2D eigenvalue weighted by molar-refractivity contribution is 9.11. The van der Waals surface area contributed by atoms with E-state index in [0.717, 1.165) is 25.3 Å². The van der Waals surface area contributed by atoms with Gasteiger partial charge in [-0.3, -0.25) is 4.79 Å². The Labute approximate surface area is 136 Å². The van der Waals surface area contributed by atoms with Crippen molar-refractivity contribution >= 4 is 54.1 Å². The van der Waals surface area contributed by atoms with Crippen LogP contribution in [-0.4, -0.2) is 6.29 Å². The first-order valence-corrected chi connectivity index (χ1v) is 7.79. The zero-order valence-corrected chi connectivity index (χ0v) is 14.5. The zero-order valence-electron chi connectivity index (χ0n) is 9.70. The Hall–Kier alpha value is -0.650. The van der Waals surface area contributed by atoms with Crippen LogP contribution in [-0.2, 0) is 6.61 Å². The maximum atomic E-state index is 11.1. The molecule has 2 nitrogen and oxygen atoms in total. The summed E-state index contributed by atoms with van der Waals surface area (Å²) in [5, 5.41) is 0. The van der Waals surface area contributed by atoms with Crippen molar-refractivity contribution < 1.29 is 9.53 Å². The maximum Gasteiger partial charge on any atom is 0.153 e. The Morgan fingerprint density at radius 1 is 1.00 bits per heavy atom. The molecule has 0 spiro atoms. The van der Waals surface area contributed by atoms with Crippen LogP contribution in [0.25, 0.3) is 0 Å². The summed E-state index contributed by atoms with van der Waals surface area (Å²) in [7, 11) is 0. The van der Waals surface area contributed by atoms with Crippen LogP contribution < -0.4 is 4.74 Å². The average molecular weight is 449 g/mol. The van der Waals surface area contributed by atoms with Gasteiger partial charge in [0.05, 0.1) is 10.0 Å². The van der Waals surface area contributed by atoms with Crippen molar-refractivity contribution in [2.24, 2.45) is 0 Å². The van der Waals surface area contributed by atoms with Crippen LogP contribution in [0.2, 0.25) is 0 Å². The van der Waals surface area contributed by atoms with Gasteiger partial charge in [-0.05, 0) is 45.8 Å². The number of halogens is 3. The smallest absolute Gasteiger partial charge is 0.153 e. The lowest BCUT2D eigenvalue weighted by Gasteiger charge is -2.11. The highest BCUT2D eigenvalue weighted by Gasteiger charge is 2.10. The summed E-state index contributed by atoms with van der Waals surface area (Å²) < 4.78 is 8.33. The summed E-state index contributed by atoms with van der Waals surface area (Å²) >= 11 is 10.1. The van der Waals surface area contributed by atoms with Crippen LogP contribution >= 0.6 is 47.8 Å². The van der Waals surface area contributed by atoms with Crippen LogP contribution in [0.3, 0.4) is 0 Å². The Kier molecular flexibility index (Phi) is 5.19. The third-order valence-electron chi connectivity index (χ3n) is 2.46. The Morgan fingerprint density at radius 2 is 1.68 bits per heavy atom. The van der Waals surface area contributed by atoms with E-state index in [1.807, 2.05) is 30.3 Å². The van der Waals surface area contributed by atoms with Gasteiger partial charge in [-0.25, -0.2) is 0 Å². The Balaban J connectivity index is 2.19. The van der Waals surface area contributed by atoms with E-state index in [4.69, 9.17) is 4.74 Å². The molecule has 0 unspecified atom stereocenters. The van der Waals surface area contributed by atoms with Gasteiger partial charge in [0.1, 0.15) is 12.4 Å². The molecule has 0 aromatic heterocycles. The lowest BCUT2D eigenvalue weighted by atomic mass is 10.2. The lowest BCUT2D eigenvalue weighted by Crippen LogP contribution is -1.99. The fourth-order valence-electron chi connectivity index (χ4n) is 1.56. The molecular formula is C14H9Br3O2. The molecule has 2 aromatic rings. The van der Waals surface area contributed by atoms with E-state index >= 15 is 0 Å². The number of benzene rings is 2. The van der Waals surface area contributed by atoms with Gasteiger partial charge in [-0.15, -0.1) is 0 Å².